The van der Waals surface area contributed by atoms with E-state index in [-0.39, 0.29) is 23.9 Å². The molecular weight excluding hydrogens is 456 g/mol. The van der Waals surface area contributed by atoms with Crippen molar-refractivity contribution in [1.29, 1.82) is 0 Å². The molecule has 0 aliphatic carbocycles. The van der Waals surface area contributed by atoms with Gasteiger partial charge in [-0.3, -0.25) is 4.79 Å². The number of ether oxygens (including phenoxy) is 3. The molecule has 0 spiro atoms. The van der Waals surface area contributed by atoms with Crippen LogP contribution < -0.4 is 19.5 Å². The highest BCUT2D eigenvalue weighted by Crippen LogP contribution is 2.39. The summed E-state index contributed by atoms with van der Waals surface area (Å²) in [4.78, 5) is 13.0. The molecule has 0 radical (unpaired) electrons. The van der Waals surface area contributed by atoms with E-state index in [1.807, 2.05) is 0 Å². The smallest absolute Gasteiger partial charge is 0.243 e. The topological polar surface area (TPSA) is 94.2 Å². The predicted octanol–water partition coefficient (Wildman–Crippen LogP) is 3.08. The van der Waals surface area contributed by atoms with E-state index in [1.165, 1.54) is 37.8 Å². The van der Waals surface area contributed by atoms with E-state index >= 15 is 0 Å². The summed E-state index contributed by atoms with van der Waals surface area (Å²) in [5.41, 5.74) is 0.722. The zero-order valence-electron chi connectivity index (χ0n) is 18.3. The van der Waals surface area contributed by atoms with Crippen LogP contribution in [0.3, 0.4) is 0 Å². The molecule has 1 aliphatic rings. The molecule has 1 N–H and O–H groups in total. The van der Waals surface area contributed by atoms with Gasteiger partial charge in [-0.2, -0.15) is 4.31 Å². The third kappa shape index (κ3) is 5.11. The van der Waals surface area contributed by atoms with Gasteiger partial charge in [0, 0.05) is 30.2 Å². The molecule has 174 valence electrons. The number of carbonyl (C=O) groups excluding carboxylic acids is 1. The molecule has 1 fully saturated rings. The van der Waals surface area contributed by atoms with Gasteiger partial charge in [0.05, 0.1) is 32.1 Å². The molecule has 1 atom stereocenters. The van der Waals surface area contributed by atoms with Crippen LogP contribution in [0.5, 0.6) is 17.2 Å². The Morgan fingerprint density at radius 2 is 1.75 bits per heavy atom. The first-order valence-corrected chi connectivity index (χ1v) is 11.9. The highest BCUT2D eigenvalue weighted by Gasteiger charge is 2.33. The van der Waals surface area contributed by atoms with Gasteiger partial charge in [-0.25, -0.2) is 8.42 Å². The molecule has 10 heteroatoms. The quantitative estimate of drug-likeness (QED) is 0.621. The molecule has 2 aromatic carbocycles. The number of hydrogen-bond acceptors (Lipinski definition) is 6. The number of rotatable bonds is 8. The minimum absolute atomic E-state index is 0.125. The molecule has 1 saturated heterocycles. The van der Waals surface area contributed by atoms with E-state index in [9.17, 15) is 13.2 Å². The van der Waals surface area contributed by atoms with Crippen LogP contribution in [-0.2, 0) is 21.4 Å². The Morgan fingerprint density at radius 1 is 1.06 bits per heavy atom. The summed E-state index contributed by atoms with van der Waals surface area (Å²) in [5.74, 6) is 0.784. The maximum atomic E-state index is 13.0. The van der Waals surface area contributed by atoms with Gasteiger partial charge in [-0.15, -0.1) is 0 Å². The minimum Gasteiger partial charge on any atom is -0.493 e. The molecule has 0 unspecified atom stereocenters. The van der Waals surface area contributed by atoms with Crippen molar-refractivity contribution < 1.29 is 27.4 Å². The average Bonchev–Trinajstić information content (AvgIpc) is 2.82. The monoisotopic (exact) mass is 482 g/mol. The van der Waals surface area contributed by atoms with Crippen molar-refractivity contribution in [3.63, 3.8) is 0 Å². The van der Waals surface area contributed by atoms with E-state index in [0.29, 0.717) is 41.7 Å². The van der Waals surface area contributed by atoms with Gasteiger partial charge in [0.25, 0.3) is 0 Å². The van der Waals surface area contributed by atoms with E-state index in [0.717, 1.165) is 5.56 Å². The number of sulfonamides is 1. The molecule has 0 saturated carbocycles. The Morgan fingerprint density at radius 3 is 2.38 bits per heavy atom. The van der Waals surface area contributed by atoms with Gasteiger partial charge in [0.15, 0.2) is 11.5 Å². The van der Waals surface area contributed by atoms with Crippen molar-refractivity contribution in [2.24, 2.45) is 5.92 Å². The van der Waals surface area contributed by atoms with Crippen LogP contribution in [0.2, 0.25) is 5.02 Å². The van der Waals surface area contributed by atoms with Crippen LogP contribution >= 0.6 is 11.6 Å². The van der Waals surface area contributed by atoms with Crippen molar-refractivity contribution in [3.8, 4) is 17.2 Å². The molecule has 1 heterocycles. The molecule has 1 amide bonds. The fraction of sp³-hybridized carbons (Fsp3) is 0.409. The summed E-state index contributed by atoms with van der Waals surface area (Å²) in [7, 11) is 0.869. The van der Waals surface area contributed by atoms with E-state index in [2.05, 4.69) is 5.32 Å². The highest BCUT2D eigenvalue weighted by atomic mass is 35.5. The number of amides is 1. The van der Waals surface area contributed by atoms with Crippen molar-refractivity contribution in [3.05, 3.63) is 47.0 Å². The van der Waals surface area contributed by atoms with Gasteiger partial charge >= 0.3 is 0 Å². The second-order valence-corrected chi connectivity index (χ2v) is 9.74. The van der Waals surface area contributed by atoms with Crippen molar-refractivity contribution >= 4 is 27.5 Å². The van der Waals surface area contributed by atoms with Gasteiger partial charge < -0.3 is 19.5 Å². The van der Waals surface area contributed by atoms with Gasteiger partial charge in [0.2, 0.25) is 21.7 Å². The first-order valence-electron chi connectivity index (χ1n) is 10.1. The molecule has 0 bridgehead atoms. The SMILES string of the molecule is COc1ccc(CNC(=O)[C@@H]2CCCN(S(=O)(=O)c3ccc(Cl)cc3)C2)c(OC)c1OC. The van der Waals surface area contributed by atoms with Crippen LogP contribution in [0.1, 0.15) is 18.4 Å². The maximum absolute atomic E-state index is 13.0. The fourth-order valence-electron chi connectivity index (χ4n) is 3.76. The zero-order chi connectivity index (χ0) is 23.3. The summed E-state index contributed by atoms with van der Waals surface area (Å²) < 4.78 is 43.4. The summed E-state index contributed by atoms with van der Waals surface area (Å²) >= 11 is 5.87. The molecule has 0 aromatic heterocycles. The molecule has 8 nitrogen and oxygen atoms in total. The lowest BCUT2D eigenvalue weighted by atomic mass is 9.98. The molecule has 32 heavy (non-hydrogen) atoms. The summed E-state index contributed by atoms with van der Waals surface area (Å²) in [6, 6.07) is 9.57. The van der Waals surface area contributed by atoms with Gasteiger partial charge in [-0.1, -0.05) is 11.6 Å². The predicted molar refractivity (Wildman–Crippen MR) is 121 cm³/mol. The molecule has 2 aromatic rings. The highest BCUT2D eigenvalue weighted by molar-refractivity contribution is 7.89. The number of nitrogens with zero attached hydrogens (tertiary/aromatic N) is 1. The van der Waals surface area contributed by atoms with Gasteiger partial charge in [-0.05, 0) is 49.2 Å². The Bertz CT molecular complexity index is 1060. The third-order valence-corrected chi connectivity index (χ3v) is 7.58. The van der Waals surface area contributed by atoms with Crippen LogP contribution in [-0.4, -0.2) is 53.0 Å². The Balaban J connectivity index is 1.69. The number of benzene rings is 2. The standard InChI is InChI=1S/C22H27ClN2O6S/c1-29-19-11-6-15(20(30-2)21(19)31-3)13-24-22(26)16-5-4-12-25(14-16)32(27,28)18-9-7-17(23)8-10-18/h6-11,16H,4-5,12-14H2,1-3H3,(H,24,26)/t16-/m1/s1. The van der Waals surface area contributed by atoms with E-state index in [1.54, 1.807) is 24.3 Å². The number of carbonyl (C=O) groups is 1. The lowest BCUT2D eigenvalue weighted by molar-refractivity contribution is -0.126. The number of methoxy groups -OCH3 is 3. The molecule has 3 rings (SSSR count). The number of halogens is 1. The maximum Gasteiger partial charge on any atom is 0.243 e. The molecular formula is C22H27ClN2O6S. The lowest BCUT2D eigenvalue weighted by Gasteiger charge is -2.31. The third-order valence-electron chi connectivity index (χ3n) is 5.45. The van der Waals surface area contributed by atoms with E-state index in [4.69, 9.17) is 25.8 Å². The summed E-state index contributed by atoms with van der Waals surface area (Å²) in [6.45, 7) is 0.709. The Labute approximate surface area is 193 Å². The lowest BCUT2D eigenvalue weighted by Crippen LogP contribution is -2.45. The fourth-order valence-corrected chi connectivity index (χ4v) is 5.41. The second-order valence-electron chi connectivity index (χ2n) is 7.37. The van der Waals surface area contributed by atoms with Crippen molar-refractivity contribution in [2.75, 3.05) is 34.4 Å². The summed E-state index contributed by atoms with van der Waals surface area (Å²) in [5, 5.41) is 3.36. The van der Waals surface area contributed by atoms with Crippen LogP contribution in [0, 0.1) is 5.92 Å². The van der Waals surface area contributed by atoms with Crippen molar-refractivity contribution in [1.82, 2.24) is 9.62 Å². The molecule has 1 aliphatic heterocycles. The number of nitrogens with one attached hydrogen (secondary N) is 1. The van der Waals surface area contributed by atoms with Crippen LogP contribution in [0.15, 0.2) is 41.3 Å². The first-order chi connectivity index (χ1) is 15.3. The number of hydrogen-bond donors (Lipinski definition) is 1. The van der Waals surface area contributed by atoms with Crippen molar-refractivity contribution in [2.45, 2.75) is 24.3 Å². The largest absolute Gasteiger partial charge is 0.493 e. The first kappa shape index (κ1) is 24.2. The van der Waals surface area contributed by atoms with Crippen LogP contribution in [0.4, 0.5) is 0 Å². The van der Waals surface area contributed by atoms with Gasteiger partial charge in [0.1, 0.15) is 0 Å². The Hall–Kier alpha value is -2.49. The Kier molecular flexibility index (Phi) is 7.86. The van der Waals surface area contributed by atoms with Crippen LogP contribution in [0.25, 0.3) is 0 Å². The minimum atomic E-state index is -3.70. The normalized spacial score (nSPS) is 16.9. The average molecular weight is 483 g/mol. The zero-order valence-corrected chi connectivity index (χ0v) is 19.8. The van der Waals surface area contributed by atoms with E-state index < -0.39 is 15.9 Å². The summed E-state index contributed by atoms with van der Waals surface area (Å²) in [6.07, 6.45) is 1.21. The number of piperidine rings is 1. The second kappa shape index (κ2) is 10.4.